The molecular formula is C25H36ClN5O2. The summed E-state index contributed by atoms with van der Waals surface area (Å²) in [6.45, 7) is 8.67. The van der Waals surface area contributed by atoms with E-state index >= 15 is 0 Å². The second-order valence-corrected chi connectivity index (χ2v) is 10.5. The van der Waals surface area contributed by atoms with Crippen molar-refractivity contribution in [3.8, 4) is 17.0 Å². The maximum Gasteiger partial charge on any atom is 0.273 e. The average Bonchev–Trinajstić information content (AvgIpc) is 3.47. The number of anilines is 1. The van der Waals surface area contributed by atoms with E-state index in [9.17, 15) is 4.79 Å². The summed E-state index contributed by atoms with van der Waals surface area (Å²) in [6.07, 6.45) is 9.00. The van der Waals surface area contributed by atoms with E-state index in [2.05, 4.69) is 34.6 Å². The average molecular weight is 474 g/mol. The van der Waals surface area contributed by atoms with Crippen LogP contribution < -0.4 is 15.4 Å². The zero-order valence-electron chi connectivity index (χ0n) is 20.2. The highest BCUT2D eigenvalue weighted by molar-refractivity contribution is 6.36. The molecule has 0 spiro atoms. The number of aromatic nitrogens is 3. The minimum absolute atomic E-state index is 0.227. The van der Waals surface area contributed by atoms with Crippen molar-refractivity contribution in [1.29, 1.82) is 0 Å². The first-order valence-electron chi connectivity index (χ1n) is 12.2. The van der Waals surface area contributed by atoms with Crippen LogP contribution in [0.25, 0.3) is 11.3 Å². The number of pyridine rings is 1. The number of methoxy groups -OCH3 is 1. The molecule has 2 aliphatic carbocycles. The van der Waals surface area contributed by atoms with Gasteiger partial charge in [-0.15, -0.1) is 0 Å². The molecule has 2 aliphatic rings. The zero-order chi connectivity index (χ0) is 23.6. The molecule has 2 fully saturated rings. The second kappa shape index (κ2) is 9.92. The van der Waals surface area contributed by atoms with Crippen molar-refractivity contribution in [3.05, 3.63) is 23.0 Å². The number of carbonyl (C=O) groups is 1. The molecule has 0 unspecified atom stereocenters. The van der Waals surface area contributed by atoms with E-state index in [4.69, 9.17) is 16.3 Å². The van der Waals surface area contributed by atoms with Gasteiger partial charge in [-0.25, -0.2) is 4.98 Å². The van der Waals surface area contributed by atoms with Gasteiger partial charge >= 0.3 is 0 Å². The maximum atomic E-state index is 13.0. The SMILES string of the molecule is CCn1nc(C(=O)NCC2CCC(C)CC2)c(Cl)c1-c1cnc(NCC2(C)CC2)cc1OC. The second-order valence-electron chi connectivity index (χ2n) is 10.1. The summed E-state index contributed by atoms with van der Waals surface area (Å²) in [5.74, 6) is 2.50. The minimum Gasteiger partial charge on any atom is -0.496 e. The van der Waals surface area contributed by atoms with Gasteiger partial charge in [-0.3, -0.25) is 9.48 Å². The van der Waals surface area contributed by atoms with Gasteiger partial charge in [0.15, 0.2) is 5.69 Å². The van der Waals surface area contributed by atoms with Crippen LogP contribution in [-0.4, -0.2) is 40.9 Å². The molecule has 4 rings (SSSR count). The van der Waals surface area contributed by atoms with E-state index in [1.807, 2.05) is 13.0 Å². The number of nitrogens with zero attached hydrogens (tertiary/aromatic N) is 3. The fourth-order valence-corrected chi connectivity index (χ4v) is 4.82. The van der Waals surface area contributed by atoms with E-state index in [1.54, 1.807) is 18.0 Å². The van der Waals surface area contributed by atoms with Gasteiger partial charge in [0.25, 0.3) is 5.91 Å². The molecule has 8 heteroatoms. The number of ether oxygens (including phenoxy) is 1. The standard InChI is InChI=1S/C25H36ClN5O2/c1-5-31-23(18-14-27-20(12-19(18)33-4)29-15-25(3)10-11-25)21(26)22(30-31)24(32)28-13-17-8-6-16(2)7-9-17/h12,14,16-17H,5-11,13,15H2,1-4H3,(H,27,29)(H,28,32). The van der Waals surface area contributed by atoms with E-state index in [0.717, 1.165) is 36.7 Å². The molecule has 180 valence electrons. The Hall–Kier alpha value is -2.28. The molecule has 7 nitrogen and oxygen atoms in total. The van der Waals surface area contributed by atoms with E-state index < -0.39 is 0 Å². The number of halogens is 1. The predicted molar refractivity (Wildman–Crippen MR) is 132 cm³/mol. The quantitative estimate of drug-likeness (QED) is 0.510. The Bertz CT molecular complexity index is 993. The lowest BCUT2D eigenvalue weighted by Gasteiger charge is -2.26. The normalized spacial score (nSPS) is 21.5. The molecule has 33 heavy (non-hydrogen) atoms. The Balaban J connectivity index is 1.52. The van der Waals surface area contributed by atoms with E-state index in [1.165, 1.54) is 25.7 Å². The Morgan fingerprint density at radius 2 is 2.03 bits per heavy atom. The molecule has 0 saturated heterocycles. The van der Waals surface area contributed by atoms with Crippen LogP contribution in [0.3, 0.4) is 0 Å². The van der Waals surface area contributed by atoms with Crippen LogP contribution in [0.4, 0.5) is 5.82 Å². The van der Waals surface area contributed by atoms with Gasteiger partial charge in [0.1, 0.15) is 11.6 Å². The van der Waals surface area contributed by atoms with Gasteiger partial charge in [0.2, 0.25) is 0 Å². The van der Waals surface area contributed by atoms with Gasteiger partial charge in [0.05, 0.1) is 23.4 Å². The highest BCUT2D eigenvalue weighted by Gasteiger charge is 2.37. The fourth-order valence-electron chi connectivity index (χ4n) is 4.50. The minimum atomic E-state index is -0.227. The smallest absolute Gasteiger partial charge is 0.273 e. The number of hydrogen-bond donors (Lipinski definition) is 2. The third-order valence-corrected chi connectivity index (χ3v) is 7.59. The summed E-state index contributed by atoms with van der Waals surface area (Å²) in [7, 11) is 1.63. The lowest BCUT2D eigenvalue weighted by atomic mass is 9.83. The number of carbonyl (C=O) groups excluding carboxylic acids is 1. The van der Waals surface area contributed by atoms with Crippen LogP contribution in [0.1, 0.15) is 69.8 Å². The number of rotatable bonds is 9. The third-order valence-electron chi connectivity index (χ3n) is 7.24. The van der Waals surface area contributed by atoms with Crippen molar-refractivity contribution in [2.75, 3.05) is 25.5 Å². The number of amides is 1. The fraction of sp³-hybridized carbons (Fsp3) is 0.640. The molecule has 0 aromatic carbocycles. The molecule has 2 aromatic heterocycles. The highest BCUT2D eigenvalue weighted by atomic mass is 35.5. The summed E-state index contributed by atoms with van der Waals surface area (Å²) < 4.78 is 7.41. The topological polar surface area (TPSA) is 81.1 Å². The summed E-state index contributed by atoms with van der Waals surface area (Å²) in [5, 5.41) is 11.3. The number of nitrogens with one attached hydrogen (secondary N) is 2. The zero-order valence-corrected chi connectivity index (χ0v) is 21.0. The molecule has 0 atom stereocenters. The van der Waals surface area contributed by atoms with Crippen LogP contribution in [0.2, 0.25) is 5.02 Å². The van der Waals surface area contributed by atoms with Crippen molar-refractivity contribution in [1.82, 2.24) is 20.1 Å². The van der Waals surface area contributed by atoms with Crippen molar-refractivity contribution in [2.45, 2.75) is 65.8 Å². The summed E-state index contributed by atoms with van der Waals surface area (Å²) >= 11 is 6.73. The van der Waals surface area contributed by atoms with Crippen molar-refractivity contribution in [2.24, 2.45) is 17.3 Å². The maximum absolute atomic E-state index is 13.0. The lowest BCUT2D eigenvalue weighted by molar-refractivity contribution is 0.0936. The van der Waals surface area contributed by atoms with Gasteiger partial charge in [0, 0.05) is 31.9 Å². The van der Waals surface area contributed by atoms with Gasteiger partial charge in [-0.1, -0.05) is 38.3 Å². The van der Waals surface area contributed by atoms with Crippen molar-refractivity contribution >= 4 is 23.3 Å². The van der Waals surface area contributed by atoms with Gasteiger partial charge < -0.3 is 15.4 Å². The molecule has 0 radical (unpaired) electrons. The van der Waals surface area contributed by atoms with Crippen LogP contribution in [0.5, 0.6) is 5.75 Å². The van der Waals surface area contributed by atoms with Gasteiger partial charge in [-0.2, -0.15) is 5.10 Å². The largest absolute Gasteiger partial charge is 0.496 e. The van der Waals surface area contributed by atoms with E-state index in [-0.39, 0.29) is 11.6 Å². The molecule has 0 aliphatic heterocycles. The van der Waals surface area contributed by atoms with Crippen LogP contribution >= 0.6 is 11.6 Å². The summed E-state index contributed by atoms with van der Waals surface area (Å²) in [5.41, 5.74) is 2.00. The third kappa shape index (κ3) is 5.45. The highest BCUT2D eigenvalue weighted by Crippen LogP contribution is 2.45. The lowest BCUT2D eigenvalue weighted by Crippen LogP contribution is -2.31. The van der Waals surface area contributed by atoms with E-state index in [0.29, 0.717) is 40.9 Å². The molecule has 1 amide bonds. The predicted octanol–water partition coefficient (Wildman–Crippen LogP) is 5.40. The Morgan fingerprint density at radius 3 is 2.67 bits per heavy atom. The van der Waals surface area contributed by atoms with Crippen LogP contribution in [0, 0.1) is 17.3 Å². The van der Waals surface area contributed by atoms with Crippen LogP contribution in [-0.2, 0) is 6.54 Å². The first-order valence-corrected chi connectivity index (χ1v) is 12.5. The Morgan fingerprint density at radius 1 is 1.30 bits per heavy atom. The Labute approximate surface area is 201 Å². The first-order chi connectivity index (χ1) is 15.8. The first kappa shape index (κ1) is 23.9. The number of aryl methyl sites for hydroxylation is 1. The monoisotopic (exact) mass is 473 g/mol. The molecule has 2 aromatic rings. The van der Waals surface area contributed by atoms with Gasteiger partial charge in [-0.05, 0) is 49.9 Å². The Kier molecular flexibility index (Phi) is 7.17. The molecule has 0 bridgehead atoms. The van der Waals surface area contributed by atoms with Crippen LogP contribution in [0.15, 0.2) is 12.3 Å². The molecule has 2 N–H and O–H groups in total. The molecular weight excluding hydrogens is 438 g/mol. The summed E-state index contributed by atoms with van der Waals surface area (Å²) in [4.78, 5) is 17.5. The summed E-state index contributed by atoms with van der Waals surface area (Å²) in [6, 6.07) is 1.88. The molecule has 2 heterocycles. The molecule has 2 saturated carbocycles. The van der Waals surface area contributed by atoms with Crippen molar-refractivity contribution in [3.63, 3.8) is 0 Å². The van der Waals surface area contributed by atoms with Crippen molar-refractivity contribution < 1.29 is 9.53 Å². The number of hydrogen-bond acceptors (Lipinski definition) is 5.